The third kappa shape index (κ3) is 8.30. The summed E-state index contributed by atoms with van der Waals surface area (Å²) in [4.78, 5) is 60.1. The molecular formula is C42H42N3O14+. The number of quaternary nitrogens is 1. The van der Waals surface area contributed by atoms with Crippen LogP contribution in [0.15, 0.2) is 98.5 Å². The normalized spacial score (nSPS) is 24.2. The number of nitrogens with one attached hydrogen (secondary N) is 2. The number of fused-ring (bicyclic) bond motifs is 2. The van der Waals surface area contributed by atoms with Crippen LogP contribution in [0.3, 0.4) is 0 Å². The van der Waals surface area contributed by atoms with Gasteiger partial charge in [0.2, 0.25) is 18.4 Å². The van der Waals surface area contributed by atoms with Gasteiger partial charge in [-0.15, -0.1) is 0 Å². The number of carboxylic acid groups (broad SMARTS) is 1. The van der Waals surface area contributed by atoms with E-state index in [0.29, 0.717) is 28.3 Å². The molecule has 7 rings (SSSR count). The number of rotatable bonds is 15. The maximum Gasteiger partial charge on any atom is 0.334 e. The average Bonchev–Trinajstić information content (AvgIpc) is 3.80. The Bertz CT molecular complexity index is 2410. The van der Waals surface area contributed by atoms with Crippen molar-refractivity contribution in [2.45, 2.75) is 56.5 Å². The second-order valence-electron chi connectivity index (χ2n) is 14.5. The van der Waals surface area contributed by atoms with Gasteiger partial charge in [0.05, 0.1) is 17.6 Å². The Balaban J connectivity index is 1.23. The van der Waals surface area contributed by atoms with Gasteiger partial charge < -0.3 is 49.0 Å². The van der Waals surface area contributed by atoms with Crippen molar-refractivity contribution in [1.82, 2.24) is 5.32 Å². The molecule has 3 aliphatic heterocycles. The van der Waals surface area contributed by atoms with Gasteiger partial charge in [-0.3, -0.25) is 10.1 Å². The summed E-state index contributed by atoms with van der Waals surface area (Å²) >= 11 is 0. The molecule has 1 fully saturated rings. The summed E-state index contributed by atoms with van der Waals surface area (Å²) in [7, 11) is 0. The first-order valence-corrected chi connectivity index (χ1v) is 18.7. The van der Waals surface area contributed by atoms with Gasteiger partial charge in [0, 0.05) is 36.4 Å². The fourth-order valence-corrected chi connectivity index (χ4v) is 7.36. The number of nitrogens with zero attached hydrogens (tertiary/aromatic N) is 1. The smallest absolute Gasteiger partial charge is 0.334 e. The quantitative estimate of drug-likeness (QED) is 0.0378. The first kappa shape index (κ1) is 41.1. The Hall–Kier alpha value is -6.05. The monoisotopic (exact) mass is 812 g/mol. The number of allylic oxidation sites excluding steroid dienone is 1. The topological polar surface area (TPSA) is 248 Å². The van der Waals surface area contributed by atoms with E-state index in [4.69, 9.17) is 23.5 Å². The number of hydrogen-bond acceptors (Lipinski definition) is 15. The Morgan fingerprint density at radius 2 is 1.83 bits per heavy atom. The van der Waals surface area contributed by atoms with E-state index in [1.165, 1.54) is 36.6 Å². The van der Waals surface area contributed by atoms with E-state index in [-0.39, 0.29) is 53.0 Å². The van der Waals surface area contributed by atoms with Crippen LogP contribution in [0, 0.1) is 13.8 Å². The molecule has 1 saturated heterocycles. The summed E-state index contributed by atoms with van der Waals surface area (Å²) in [5.41, 5.74) is 2.72. The van der Waals surface area contributed by atoms with Crippen molar-refractivity contribution in [2.75, 3.05) is 26.3 Å². The molecule has 1 unspecified atom stereocenters. The molecule has 7 N–H and O–H groups in total. The second kappa shape index (κ2) is 17.0. The van der Waals surface area contributed by atoms with E-state index >= 15 is 0 Å². The molecule has 0 amide bonds. The number of aryl methyl sites for hydroxylation is 2. The van der Waals surface area contributed by atoms with Crippen LogP contribution in [0.1, 0.15) is 23.1 Å². The molecule has 3 aromatic carbocycles. The van der Waals surface area contributed by atoms with Crippen molar-refractivity contribution in [3.63, 3.8) is 0 Å². The molecule has 7 atom stereocenters. The molecule has 0 aliphatic carbocycles. The molecule has 308 valence electrons. The highest BCUT2D eigenvalue weighted by Gasteiger charge is 2.60. The van der Waals surface area contributed by atoms with Crippen LogP contribution < -0.4 is 20.5 Å². The van der Waals surface area contributed by atoms with E-state index in [0.717, 1.165) is 22.3 Å². The fraction of sp³-hybridized carbons (Fsp3) is 0.310. The molecule has 59 heavy (non-hydrogen) atoms. The number of esters is 1. The van der Waals surface area contributed by atoms with E-state index < -0.39 is 61.4 Å². The fourth-order valence-electron chi connectivity index (χ4n) is 7.36. The number of carbonyl (C=O) groups excluding carboxylic acids is 2. The van der Waals surface area contributed by atoms with Crippen LogP contribution in [-0.4, -0.2) is 113 Å². The molecule has 17 heteroatoms. The largest absolute Gasteiger partial charge is 0.508 e. The van der Waals surface area contributed by atoms with Gasteiger partial charge >= 0.3 is 11.9 Å². The maximum absolute atomic E-state index is 13.5. The Kier molecular flexibility index (Phi) is 11.9. The lowest BCUT2D eigenvalue weighted by Crippen LogP contribution is -3.09. The van der Waals surface area contributed by atoms with E-state index in [1.54, 1.807) is 18.3 Å². The van der Waals surface area contributed by atoms with Gasteiger partial charge in [-0.05, 0) is 61.9 Å². The summed E-state index contributed by atoms with van der Waals surface area (Å²) in [6.07, 6.45) is -1.74. The van der Waals surface area contributed by atoms with Crippen molar-refractivity contribution in [3.05, 3.63) is 111 Å². The number of benzene rings is 3. The first-order chi connectivity index (χ1) is 28.3. The Morgan fingerprint density at radius 3 is 2.53 bits per heavy atom. The number of carboxylic acids is 1. The van der Waals surface area contributed by atoms with Gasteiger partial charge in [0.25, 0.3) is 0 Å². The predicted octanol–water partition coefficient (Wildman–Crippen LogP) is 0.724. The summed E-state index contributed by atoms with van der Waals surface area (Å²) in [5.74, 6) is -2.79. The number of aliphatic hydroxyl groups is 3. The SMILES string of the molecule is Cc1cc(C)cc(C2=C3N=CC=C3C[NH+]2O[C@@H]2[C@@H](Oc3ccc4c(=O)c(-c5ccc(O)cc5)coc4c3)O[C@@H](COC(=O)[C@H](NCCC=O)C(=O)O)[C@H](O)[C@]2(O)CO)c1. The van der Waals surface area contributed by atoms with E-state index in [1.807, 2.05) is 38.1 Å². The lowest BCUT2D eigenvalue weighted by molar-refractivity contribution is -1.04. The number of ether oxygens (including phenoxy) is 3. The zero-order valence-corrected chi connectivity index (χ0v) is 31.9. The van der Waals surface area contributed by atoms with Crippen molar-refractivity contribution in [1.29, 1.82) is 0 Å². The van der Waals surface area contributed by atoms with Gasteiger partial charge in [-0.2, -0.15) is 9.90 Å². The molecule has 0 spiro atoms. The number of phenolic OH excluding ortho intramolecular Hbond substituents is 1. The highest BCUT2D eigenvalue weighted by atomic mass is 16.8. The van der Waals surface area contributed by atoms with Gasteiger partial charge in [-0.1, -0.05) is 29.3 Å². The summed E-state index contributed by atoms with van der Waals surface area (Å²) < 4.78 is 23.5. The third-order valence-electron chi connectivity index (χ3n) is 10.3. The number of aldehydes is 1. The molecule has 0 bridgehead atoms. The van der Waals surface area contributed by atoms with Gasteiger partial charge in [-0.25, -0.2) is 14.6 Å². The van der Waals surface area contributed by atoms with Crippen LogP contribution in [0.5, 0.6) is 11.5 Å². The van der Waals surface area contributed by atoms with Crippen molar-refractivity contribution < 1.29 is 68.4 Å². The maximum atomic E-state index is 13.5. The molecule has 1 aromatic heterocycles. The van der Waals surface area contributed by atoms with Crippen LogP contribution in [0.4, 0.5) is 0 Å². The summed E-state index contributed by atoms with van der Waals surface area (Å²) in [6, 6.07) is 14.4. The summed E-state index contributed by atoms with van der Waals surface area (Å²) in [5, 5.41) is 56.8. The molecule has 3 aliphatic rings. The van der Waals surface area contributed by atoms with Crippen LogP contribution >= 0.6 is 0 Å². The number of carbonyl (C=O) groups is 3. The Morgan fingerprint density at radius 1 is 1.08 bits per heavy atom. The number of aromatic hydroxyl groups is 1. The number of aliphatic imine (C=N–C) groups is 1. The lowest BCUT2D eigenvalue weighted by atomic mass is 9.84. The van der Waals surface area contributed by atoms with E-state index in [9.17, 15) is 44.7 Å². The Labute approximate surface area is 336 Å². The lowest BCUT2D eigenvalue weighted by Gasteiger charge is -2.47. The number of hydroxylamine groups is 2. The number of aliphatic hydroxyl groups excluding tert-OH is 2. The molecule has 0 radical (unpaired) electrons. The molecule has 0 saturated carbocycles. The molecular weight excluding hydrogens is 770 g/mol. The van der Waals surface area contributed by atoms with Crippen LogP contribution in [0.25, 0.3) is 27.8 Å². The zero-order chi connectivity index (χ0) is 42.0. The number of aliphatic carboxylic acids is 1. The minimum atomic E-state index is -2.56. The van der Waals surface area contributed by atoms with Crippen molar-refractivity contribution >= 4 is 41.1 Å². The zero-order valence-electron chi connectivity index (χ0n) is 31.9. The van der Waals surface area contributed by atoms with Gasteiger partial charge in [0.1, 0.15) is 60.7 Å². The van der Waals surface area contributed by atoms with Crippen LogP contribution in [0.2, 0.25) is 0 Å². The van der Waals surface area contributed by atoms with Crippen molar-refractivity contribution in [3.8, 4) is 22.6 Å². The summed E-state index contributed by atoms with van der Waals surface area (Å²) in [6.45, 7) is 2.06. The molecule has 17 nitrogen and oxygen atoms in total. The van der Waals surface area contributed by atoms with Crippen molar-refractivity contribution in [2.24, 2.45) is 4.99 Å². The minimum Gasteiger partial charge on any atom is -0.508 e. The second-order valence-corrected chi connectivity index (χ2v) is 14.5. The number of hydrogen-bond donors (Lipinski definition) is 7. The first-order valence-electron chi connectivity index (χ1n) is 18.7. The molecule has 4 aromatic rings. The highest BCUT2D eigenvalue weighted by Crippen LogP contribution is 2.36. The van der Waals surface area contributed by atoms with Crippen LogP contribution in [-0.2, 0) is 28.7 Å². The standard InChI is InChI=1S/C42H41N3O14/c1-22-14-23(2)16-26(15-22)35-33-25(10-12-44-33)18-45(35)59-38-41(57-28-8-9-29-31(17-28)55-19-30(36(29)49)24-4-6-27(48)7-5-24)58-32(37(50)42(38,54)21-47)20-56-40(53)34(39(51)52)43-11-3-13-46/h4-10,12-17,19,32,34,37-38,41,43,47-48,50,54H,3,11,18,20-21H2,1-2H3,(H,51,52)/p+1/t32-,34+,37-,38+,41-,42+/m0/s1. The minimum absolute atomic E-state index is 0.0272. The number of phenols is 1. The van der Waals surface area contributed by atoms with E-state index in [2.05, 4.69) is 10.3 Å². The predicted molar refractivity (Wildman–Crippen MR) is 208 cm³/mol. The van der Waals surface area contributed by atoms with Gasteiger partial charge in [0.15, 0.2) is 16.7 Å². The highest BCUT2D eigenvalue weighted by molar-refractivity contribution is 5.98. The molecule has 4 heterocycles. The third-order valence-corrected chi connectivity index (χ3v) is 10.3. The average molecular weight is 813 g/mol.